The molecule has 1 aromatic heterocycles. The molecule has 0 spiro atoms. The molecule has 7 nitrogen and oxygen atoms in total. The molecule has 0 bridgehead atoms. The molecule has 0 aliphatic carbocycles. The van der Waals surface area contributed by atoms with Crippen LogP contribution in [0.2, 0.25) is 0 Å². The van der Waals surface area contributed by atoms with Crippen LogP contribution in [0.1, 0.15) is 23.7 Å². The minimum Gasteiger partial charge on any atom is -0.390 e. The molecule has 2 atom stereocenters. The summed E-state index contributed by atoms with van der Waals surface area (Å²) in [5.74, 6) is 0. The maximum Gasteiger partial charge on any atom is 0.106 e. The van der Waals surface area contributed by atoms with E-state index in [9.17, 15) is 10.2 Å². The van der Waals surface area contributed by atoms with Crippen molar-refractivity contribution in [2.45, 2.75) is 18.6 Å². The molecule has 0 amide bonds. The number of nitrogens with zero attached hydrogens (tertiary/aromatic N) is 5. The average Bonchev–Trinajstić information content (AvgIpc) is 2.38. The van der Waals surface area contributed by atoms with Gasteiger partial charge >= 0.3 is 0 Å². The molecule has 0 saturated carbocycles. The summed E-state index contributed by atoms with van der Waals surface area (Å²) in [6.07, 6.45) is 0.674. The molecule has 2 unspecified atom stereocenters. The first-order valence-corrected chi connectivity index (χ1v) is 4.91. The summed E-state index contributed by atoms with van der Waals surface area (Å²) in [7, 11) is 0. The third kappa shape index (κ3) is 3.74. The fraction of sp³-hybridized carbons (Fsp3) is 0.400. The van der Waals surface area contributed by atoms with E-state index in [0.29, 0.717) is 11.1 Å². The van der Waals surface area contributed by atoms with Gasteiger partial charge in [-0.25, -0.2) is 0 Å². The van der Waals surface area contributed by atoms with Gasteiger partial charge in [0.1, 0.15) is 12.2 Å². The summed E-state index contributed by atoms with van der Waals surface area (Å²) < 4.78 is 0. The summed E-state index contributed by atoms with van der Waals surface area (Å²) in [5.41, 5.74) is 8.74. The van der Waals surface area contributed by atoms with E-state index < -0.39 is 12.2 Å². The average molecular weight is 233 g/mol. The first-order chi connectivity index (χ1) is 8.19. The molecule has 7 heteroatoms. The van der Waals surface area contributed by atoms with Gasteiger partial charge in [0.15, 0.2) is 0 Å². The van der Waals surface area contributed by atoms with E-state index >= 15 is 0 Å². The highest BCUT2D eigenvalue weighted by Gasteiger charge is 2.18. The highest BCUT2D eigenvalue weighted by atomic mass is 16.3. The Morgan fingerprint density at radius 2 is 2.29 bits per heavy atom. The van der Waals surface area contributed by atoms with E-state index in [2.05, 4.69) is 15.0 Å². The lowest BCUT2D eigenvalue weighted by Crippen LogP contribution is -2.19. The third-order valence-electron chi connectivity index (χ3n) is 2.18. The lowest BCUT2D eigenvalue weighted by Gasteiger charge is -2.16. The number of aromatic nitrogens is 1. The first-order valence-electron chi connectivity index (χ1n) is 4.91. The van der Waals surface area contributed by atoms with Crippen LogP contribution >= 0.6 is 0 Å². The molecular formula is C10H11N5O2. The van der Waals surface area contributed by atoms with E-state index in [1.165, 1.54) is 18.5 Å². The summed E-state index contributed by atoms with van der Waals surface area (Å²) in [4.78, 5) is 6.32. The van der Waals surface area contributed by atoms with Crippen LogP contribution < -0.4 is 0 Å². The number of hydrogen-bond donors (Lipinski definition) is 2. The largest absolute Gasteiger partial charge is 0.390 e. The molecule has 1 rings (SSSR count). The fourth-order valence-corrected chi connectivity index (χ4v) is 1.30. The lowest BCUT2D eigenvalue weighted by atomic mass is 10.0. The zero-order valence-electron chi connectivity index (χ0n) is 8.93. The normalized spacial score (nSPS) is 13.2. The summed E-state index contributed by atoms with van der Waals surface area (Å²) in [6, 6.07) is 3.34. The van der Waals surface area contributed by atoms with E-state index in [0.717, 1.165) is 0 Å². The van der Waals surface area contributed by atoms with Crippen molar-refractivity contribution in [1.29, 1.82) is 5.26 Å². The van der Waals surface area contributed by atoms with Crippen LogP contribution in [0.25, 0.3) is 10.4 Å². The molecule has 0 aromatic carbocycles. The topological polar surface area (TPSA) is 126 Å². The Hall–Kier alpha value is -2.13. The van der Waals surface area contributed by atoms with Gasteiger partial charge in [-0.05, 0) is 18.0 Å². The van der Waals surface area contributed by atoms with Crippen LogP contribution in [0.5, 0.6) is 0 Å². The van der Waals surface area contributed by atoms with Gasteiger partial charge in [0.05, 0.1) is 11.7 Å². The SMILES string of the molecule is N#Cc1cncc(C(O)C(O)CCN=[N+]=[N-])c1. The van der Waals surface area contributed by atoms with Crippen LogP contribution in [-0.4, -0.2) is 27.8 Å². The molecule has 88 valence electrons. The van der Waals surface area contributed by atoms with Gasteiger partial charge in [0.25, 0.3) is 0 Å². The highest BCUT2D eigenvalue weighted by molar-refractivity contribution is 5.30. The molecule has 0 saturated heterocycles. The quantitative estimate of drug-likeness (QED) is 0.447. The lowest BCUT2D eigenvalue weighted by molar-refractivity contribution is 0.0148. The van der Waals surface area contributed by atoms with Gasteiger partial charge in [-0.1, -0.05) is 5.11 Å². The Morgan fingerprint density at radius 3 is 2.94 bits per heavy atom. The zero-order valence-corrected chi connectivity index (χ0v) is 8.93. The Morgan fingerprint density at radius 1 is 1.53 bits per heavy atom. The summed E-state index contributed by atoms with van der Waals surface area (Å²) >= 11 is 0. The molecule has 1 aromatic rings. The molecule has 0 fully saturated rings. The van der Waals surface area contributed by atoms with Crippen molar-refractivity contribution in [2.75, 3.05) is 6.54 Å². The van der Waals surface area contributed by atoms with Crippen LogP contribution in [-0.2, 0) is 0 Å². The van der Waals surface area contributed by atoms with Crippen molar-refractivity contribution in [3.63, 3.8) is 0 Å². The van der Waals surface area contributed by atoms with Crippen molar-refractivity contribution in [2.24, 2.45) is 5.11 Å². The molecule has 0 aliphatic heterocycles. The molecular weight excluding hydrogens is 222 g/mol. The van der Waals surface area contributed by atoms with Crippen molar-refractivity contribution in [3.8, 4) is 6.07 Å². The van der Waals surface area contributed by atoms with Crippen molar-refractivity contribution < 1.29 is 10.2 Å². The molecule has 0 radical (unpaired) electrons. The Balaban J connectivity index is 2.70. The second-order valence-corrected chi connectivity index (χ2v) is 3.37. The van der Waals surface area contributed by atoms with Crippen molar-refractivity contribution >= 4 is 0 Å². The van der Waals surface area contributed by atoms with Gasteiger partial charge < -0.3 is 10.2 Å². The zero-order chi connectivity index (χ0) is 12.7. The predicted molar refractivity (Wildman–Crippen MR) is 58.5 cm³/mol. The summed E-state index contributed by atoms with van der Waals surface area (Å²) in [5, 5.41) is 31.3. The molecule has 2 N–H and O–H groups in total. The Bertz CT molecular complexity index is 464. The second kappa shape index (κ2) is 6.45. The number of rotatable bonds is 5. The number of aliphatic hydroxyl groups is 2. The number of aliphatic hydroxyl groups excluding tert-OH is 2. The van der Waals surface area contributed by atoms with Gasteiger partial charge in [0, 0.05) is 29.4 Å². The van der Waals surface area contributed by atoms with Gasteiger partial charge in [-0.3, -0.25) is 4.98 Å². The smallest absolute Gasteiger partial charge is 0.106 e. The third-order valence-corrected chi connectivity index (χ3v) is 2.18. The van der Waals surface area contributed by atoms with Gasteiger partial charge in [0.2, 0.25) is 0 Å². The number of hydrogen-bond acceptors (Lipinski definition) is 5. The van der Waals surface area contributed by atoms with E-state index in [1.807, 2.05) is 6.07 Å². The minimum absolute atomic E-state index is 0.0973. The summed E-state index contributed by atoms with van der Waals surface area (Å²) in [6.45, 7) is 0.0973. The molecule has 1 heterocycles. The van der Waals surface area contributed by atoms with Crippen molar-refractivity contribution in [3.05, 3.63) is 40.0 Å². The van der Waals surface area contributed by atoms with E-state index in [1.54, 1.807) is 0 Å². The minimum atomic E-state index is -1.15. The highest BCUT2D eigenvalue weighted by Crippen LogP contribution is 2.18. The van der Waals surface area contributed by atoms with Crippen molar-refractivity contribution in [1.82, 2.24) is 4.98 Å². The van der Waals surface area contributed by atoms with Crippen LogP contribution in [0, 0.1) is 11.3 Å². The Labute approximate surface area is 97.6 Å². The molecule has 17 heavy (non-hydrogen) atoms. The first kappa shape index (κ1) is 12.9. The van der Waals surface area contributed by atoms with E-state index in [4.69, 9.17) is 10.8 Å². The Kier molecular flexibility index (Phi) is 4.91. The van der Waals surface area contributed by atoms with Gasteiger partial charge in [-0.2, -0.15) is 5.26 Å². The number of azide groups is 1. The van der Waals surface area contributed by atoms with Crippen LogP contribution in [0.15, 0.2) is 23.6 Å². The van der Waals surface area contributed by atoms with Crippen LogP contribution in [0.3, 0.4) is 0 Å². The predicted octanol–water partition coefficient (Wildman–Crippen LogP) is 1.05. The maximum atomic E-state index is 9.77. The molecule has 0 aliphatic rings. The van der Waals surface area contributed by atoms with Crippen LogP contribution in [0.4, 0.5) is 0 Å². The monoisotopic (exact) mass is 233 g/mol. The number of pyridine rings is 1. The second-order valence-electron chi connectivity index (χ2n) is 3.37. The maximum absolute atomic E-state index is 9.77. The standard InChI is InChI=1S/C10H11N5O2/c11-4-7-3-8(6-13-5-7)10(17)9(16)1-2-14-15-12/h3,5-6,9-10,16-17H,1-2H2. The van der Waals surface area contributed by atoms with Gasteiger partial charge in [-0.15, -0.1) is 0 Å². The van der Waals surface area contributed by atoms with E-state index in [-0.39, 0.29) is 13.0 Å². The number of nitriles is 1. The fourth-order valence-electron chi connectivity index (χ4n) is 1.30.